The average Bonchev–Trinajstić information content (AvgIpc) is 2.83. The fourth-order valence-electron chi connectivity index (χ4n) is 1.84. The zero-order valence-electron chi connectivity index (χ0n) is 11.3. The highest BCUT2D eigenvalue weighted by Crippen LogP contribution is 2.37. The van der Waals surface area contributed by atoms with E-state index < -0.39 is 5.97 Å². The highest BCUT2D eigenvalue weighted by atomic mass is 79.9. The molecule has 6 heteroatoms. The lowest BCUT2D eigenvalue weighted by molar-refractivity contribution is 0.0700. The van der Waals surface area contributed by atoms with Crippen LogP contribution in [0.3, 0.4) is 0 Å². The molecule has 0 aliphatic carbocycles. The summed E-state index contributed by atoms with van der Waals surface area (Å²) < 4.78 is 6.22. The van der Waals surface area contributed by atoms with Gasteiger partial charge in [0, 0.05) is 4.47 Å². The van der Waals surface area contributed by atoms with Gasteiger partial charge in [-0.3, -0.25) is 0 Å². The van der Waals surface area contributed by atoms with Crippen LogP contribution in [0.2, 0.25) is 0 Å². The number of hydrogen-bond acceptors (Lipinski definition) is 4. The average molecular weight is 356 g/mol. The van der Waals surface area contributed by atoms with Crippen LogP contribution in [0.25, 0.3) is 10.6 Å². The Kier molecular flexibility index (Phi) is 4.45. The quantitative estimate of drug-likeness (QED) is 0.882. The number of halogens is 1. The second-order valence-electron chi connectivity index (χ2n) is 4.54. The van der Waals surface area contributed by atoms with E-state index in [1.807, 2.05) is 32.0 Å². The number of hydrogen-bond donors (Lipinski definition) is 1. The van der Waals surface area contributed by atoms with E-state index in [4.69, 9.17) is 4.74 Å². The molecule has 2 aromatic rings. The van der Waals surface area contributed by atoms with Gasteiger partial charge >= 0.3 is 5.97 Å². The first kappa shape index (κ1) is 15.0. The number of benzene rings is 1. The Hall–Kier alpha value is -1.40. The summed E-state index contributed by atoms with van der Waals surface area (Å²) in [6.45, 7) is 3.87. The molecule has 0 aliphatic heterocycles. The summed E-state index contributed by atoms with van der Waals surface area (Å²) in [4.78, 5) is 16.1. The highest BCUT2D eigenvalue weighted by molar-refractivity contribution is 9.10. The Morgan fingerprint density at radius 2 is 2.15 bits per heavy atom. The fraction of sp³-hybridized carbons (Fsp3) is 0.286. The Morgan fingerprint density at radius 1 is 1.45 bits per heavy atom. The lowest BCUT2D eigenvalue weighted by Crippen LogP contribution is -2.00. The summed E-state index contributed by atoms with van der Waals surface area (Å²) in [6, 6.07) is 5.58. The first-order chi connectivity index (χ1) is 9.43. The van der Waals surface area contributed by atoms with Gasteiger partial charge < -0.3 is 9.84 Å². The molecule has 0 saturated heterocycles. The molecule has 0 amide bonds. The number of thiazole rings is 1. The molecule has 106 valence electrons. The number of aromatic nitrogens is 1. The molecule has 0 radical (unpaired) electrons. The van der Waals surface area contributed by atoms with E-state index in [0.29, 0.717) is 16.5 Å². The molecule has 0 spiro atoms. The van der Waals surface area contributed by atoms with E-state index in [2.05, 4.69) is 20.9 Å². The number of methoxy groups -OCH3 is 1. The Balaban J connectivity index is 2.61. The minimum absolute atomic E-state index is 0.0595. The number of aromatic carboxylic acids is 1. The van der Waals surface area contributed by atoms with Gasteiger partial charge in [-0.05, 0) is 24.1 Å². The van der Waals surface area contributed by atoms with Gasteiger partial charge in [0.05, 0.1) is 18.4 Å². The fourth-order valence-corrected chi connectivity index (χ4v) is 3.28. The molecule has 1 aromatic heterocycles. The van der Waals surface area contributed by atoms with Gasteiger partial charge in [-0.1, -0.05) is 29.8 Å². The van der Waals surface area contributed by atoms with Crippen LogP contribution in [0.1, 0.15) is 35.1 Å². The number of ether oxygens (including phenoxy) is 1. The Bertz CT molecular complexity index is 652. The molecule has 1 aromatic carbocycles. The van der Waals surface area contributed by atoms with Gasteiger partial charge in [-0.25, -0.2) is 9.78 Å². The maximum absolute atomic E-state index is 11.3. The van der Waals surface area contributed by atoms with Gasteiger partial charge in [0.1, 0.15) is 15.6 Å². The monoisotopic (exact) mass is 355 g/mol. The van der Waals surface area contributed by atoms with Crippen LogP contribution in [-0.4, -0.2) is 23.2 Å². The third kappa shape index (κ3) is 2.86. The standard InChI is InChI=1S/C14H14BrNO3S/c1-7(2)11-12(14(17)18)20-13(16-11)9-6-8(15)4-5-10(9)19-3/h4-7H,1-3H3,(H,17,18). The van der Waals surface area contributed by atoms with Crippen molar-refractivity contribution in [3.05, 3.63) is 33.2 Å². The van der Waals surface area contributed by atoms with Crippen LogP contribution in [0.4, 0.5) is 0 Å². The number of rotatable bonds is 4. The molecule has 0 atom stereocenters. The number of carboxylic acids is 1. The molecule has 1 heterocycles. The van der Waals surface area contributed by atoms with Crippen molar-refractivity contribution in [3.8, 4) is 16.3 Å². The van der Waals surface area contributed by atoms with Gasteiger partial charge in [0.25, 0.3) is 0 Å². The molecule has 1 N–H and O–H groups in total. The van der Waals surface area contributed by atoms with Crippen LogP contribution < -0.4 is 4.74 Å². The molecule has 2 rings (SSSR count). The predicted molar refractivity (Wildman–Crippen MR) is 82.9 cm³/mol. The van der Waals surface area contributed by atoms with Crippen molar-refractivity contribution in [2.45, 2.75) is 19.8 Å². The minimum atomic E-state index is -0.939. The number of carbonyl (C=O) groups is 1. The summed E-state index contributed by atoms with van der Waals surface area (Å²) >= 11 is 4.59. The maximum atomic E-state index is 11.3. The third-order valence-corrected chi connectivity index (χ3v) is 4.37. The van der Waals surface area contributed by atoms with E-state index in [1.54, 1.807) is 7.11 Å². The van der Waals surface area contributed by atoms with Crippen LogP contribution >= 0.6 is 27.3 Å². The SMILES string of the molecule is COc1ccc(Br)cc1-c1nc(C(C)C)c(C(=O)O)s1. The highest BCUT2D eigenvalue weighted by Gasteiger charge is 2.21. The molecule has 0 aliphatic rings. The molecule has 0 fully saturated rings. The summed E-state index contributed by atoms with van der Waals surface area (Å²) in [6.07, 6.45) is 0. The summed E-state index contributed by atoms with van der Waals surface area (Å²) in [7, 11) is 1.59. The van der Waals surface area contributed by atoms with Crippen molar-refractivity contribution >= 4 is 33.2 Å². The summed E-state index contributed by atoms with van der Waals surface area (Å²) in [5.74, 6) is -0.204. The van der Waals surface area contributed by atoms with E-state index in [0.717, 1.165) is 10.0 Å². The topological polar surface area (TPSA) is 59.4 Å². The molecule has 0 saturated carbocycles. The minimum Gasteiger partial charge on any atom is -0.496 e. The van der Waals surface area contributed by atoms with Crippen molar-refractivity contribution in [2.75, 3.05) is 7.11 Å². The zero-order valence-corrected chi connectivity index (χ0v) is 13.7. The predicted octanol–water partition coefficient (Wildman–Crippen LogP) is 4.40. The molecule has 0 bridgehead atoms. The van der Waals surface area contributed by atoms with Gasteiger partial charge in [-0.2, -0.15) is 0 Å². The van der Waals surface area contributed by atoms with Crippen molar-refractivity contribution < 1.29 is 14.6 Å². The smallest absolute Gasteiger partial charge is 0.347 e. The molecule has 4 nitrogen and oxygen atoms in total. The first-order valence-corrected chi connectivity index (χ1v) is 7.63. The largest absolute Gasteiger partial charge is 0.496 e. The van der Waals surface area contributed by atoms with Gasteiger partial charge in [0.2, 0.25) is 0 Å². The number of carboxylic acid groups (broad SMARTS) is 1. The second-order valence-corrected chi connectivity index (χ2v) is 6.45. The van der Waals surface area contributed by atoms with E-state index in [9.17, 15) is 9.90 Å². The van der Waals surface area contributed by atoms with Crippen molar-refractivity contribution in [2.24, 2.45) is 0 Å². The zero-order chi connectivity index (χ0) is 14.9. The number of nitrogens with zero attached hydrogens (tertiary/aromatic N) is 1. The lowest BCUT2D eigenvalue weighted by Gasteiger charge is -2.06. The van der Waals surface area contributed by atoms with E-state index in [1.165, 1.54) is 11.3 Å². The van der Waals surface area contributed by atoms with Crippen molar-refractivity contribution in [1.82, 2.24) is 4.98 Å². The normalized spacial score (nSPS) is 10.8. The Labute approximate surface area is 129 Å². The van der Waals surface area contributed by atoms with E-state index in [-0.39, 0.29) is 10.8 Å². The van der Waals surface area contributed by atoms with Crippen molar-refractivity contribution in [3.63, 3.8) is 0 Å². The second kappa shape index (κ2) is 5.93. The van der Waals surface area contributed by atoms with Crippen molar-refractivity contribution in [1.29, 1.82) is 0 Å². The van der Waals surface area contributed by atoms with Crippen LogP contribution in [-0.2, 0) is 0 Å². The third-order valence-electron chi connectivity index (χ3n) is 2.79. The Morgan fingerprint density at radius 3 is 2.65 bits per heavy atom. The van der Waals surface area contributed by atoms with Crippen LogP contribution in [0, 0.1) is 0 Å². The van der Waals surface area contributed by atoms with E-state index >= 15 is 0 Å². The van der Waals surface area contributed by atoms with Crippen LogP contribution in [0.5, 0.6) is 5.75 Å². The van der Waals surface area contributed by atoms with Gasteiger partial charge in [-0.15, -0.1) is 11.3 Å². The first-order valence-electron chi connectivity index (χ1n) is 6.02. The molecule has 0 unspecified atom stereocenters. The molecular formula is C14H14BrNO3S. The summed E-state index contributed by atoms with van der Waals surface area (Å²) in [5.41, 5.74) is 1.40. The summed E-state index contributed by atoms with van der Waals surface area (Å²) in [5, 5.41) is 9.94. The maximum Gasteiger partial charge on any atom is 0.347 e. The van der Waals surface area contributed by atoms with Gasteiger partial charge in [0.15, 0.2) is 0 Å². The lowest BCUT2D eigenvalue weighted by atomic mass is 10.1. The molecule has 20 heavy (non-hydrogen) atoms. The molecular weight excluding hydrogens is 342 g/mol. The van der Waals surface area contributed by atoms with Crippen LogP contribution in [0.15, 0.2) is 22.7 Å².